The standard InChI is InChI=1S/C11H18BrN3O/c1-3-6-13-11-9(12)8-14-10(15-11)5-7-16-4-2/h8H,3-7H2,1-2H3,(H,13,14,15). The lowest BCUT2D eigenvalue weighted by atomic mass is 10.4. The van der Waals surface area contributed by atoms with Gasteiger partial charge in [-0.1, -0.05) is 6.92 Å². The molecule has 0 saturated heterocycles. The minimum atomic E-state index is 0.672. The van der Waals surface area contributed by atoms with Crippen LogP contribution in [0.25, 0.3) is 0 Å². The van der Waals surface area contributed by atoms with Crippen LogP contribution in [0.2, 0.25) is 0 Å². The topological polar surface area (TPSA) is 47.0 Å². The second kappa shape index (κ2) is 7.57. The quantitative estimate of drug-likeness (QED) is 0.784. The third-order valence-corrected chi connectivity index (χ3v) is 2.59. The van der Waals surface area contributed by atoms with E-state index < -0.39 is 0 Å². The Hall–Kier alpha value is -0.680. The van der Waals surface area contributed by atoms with E-state index in [1.807, 2.05) is 6.92 Å². The fourth-order valence-electron chi connectivity index (χ4n) is 1.20. The van der Waals surface area contributed by atoms with Crippen LogP contribution in [-0.4, -0.2) is 29.7 Å². The summed E-state index contributed by atoms with van der Waals surface area (Å²) in [5.74, 6) is 1.68. The predicted octanol–water partition coefficient (Wildman–Crippen LogP) is 2.64. The number of hydrogen-bond donors (Lipinski definition) is 1. The molecule has 90 valence electrons. The molecule has 0 aliphatic heterocycles. The molecule has 1 heterocycles. The maximum absolute atomic E-state index is 5.28. The highest BCUT2D eigenvalue weighted by molar-refractivity contribution is 9.10. The Balaban J connectivity index is 2.58. The monoisotopic (exact) mass is 287 g/mol. The molecule has 0 saturated carbocycles. The van der Waals surface area contributed by atoms with Crippen LogP contribution >= 0.6 is 15.9 Å². The Morgan fingerprint density at radius 2 is 2.25 bits per heavy atom. The number of rotatable bonds is 7. The van der Waals surface area contributed by atoms with Gasteiger partial charge in [-0.15, -0.1) is 0 Å². The van der Waals surface area contributed by atoms with Gasteiger partial charge >= 0.3 is 0 Å². The van der Waals surface area contributed by atoms with E-state index in [2.05, 4.69) is 38.1 Å². The fourth-order valence-corrected chi connectivity index (χ4v) is 1.53. The lowest BCUT2D eigenvalue weighted by Gasteiger charge is -2.08. The molecule has 0 atom stereocenters. The van der Waals surface area contributed by atoms with Crippen LogP contribution in [0.1, 0.15) is 26.1 Å². The Morgan fingerprint density at radius 3 is 2.94 bits per heavy atom. The van der Waals surface area contributed by atoms with Crippen molar-refractivity contribution in [3.63, 3.8) is 0 Å². The first kappa shape index (κ1) is 13.4. The molecular formula is C11H18BrN3O. The molecule has 1 rings (SSSR count). The Labute approximate surface area is 105 Å². The number of anilines is 1. The van der Waals surface area contributed by atoms with Gasteiger partial charge in [0.1, 0.15) is 11.6 Å². The van der Waals surface area contributed by atoms with Crippen LogP contribution in [0.3, 0.4) is 0 Å². The van der Waals surface area contributed by atoms with Crippen molar-refractivity contribution in [3.05, 3.63) is 16.5 Å². The van der Waals surface area contributed by atoms with E-state index in [0.717, 1.165) is 42.1 Å². The molecule has 0 radical (unpaired) electrons. The number of halogens is 1. The van der Waals surface area contributed by atoms with Crippen LogP contribution in [0, 0.1) is 0 Å². The summed E-state index contributed by atoms with van der Waals surface area (Å²) < 4.78 is 6.18. The Morgan fingerprint density at radius 1 is 1.44 bits per heavy atom. The summed E-state index contributed by atoms with van der Waals surface area (Å²) in [5.41, 5.74) is 0. The number of ether oxygens (including phenoxy) is 1. The maximum atomic E-state index is 5.28. The lowest BCUT2D eigenvalue weighted by molar-refractivity contribution is 0.149. The van der Waals surface area contributed by atoms with E-state index in [4.69, 9.17) is 4.74 Å². The SMILES string of the molecule is CCCNc1nc(CCOCC)ncc1Br. The smallest absolute Gasteiger partial charge is 0.144 e. The summed E-state index contributed by atoms with van der Waals surface area (Å²) in [5, 5.41) is 3.25. The van der Waals surface area contributed by atoms with Gasteiger partial charge in [0.15, 0.2) is 0 Å². The van der Waals surface area contributed by atoms with Crippen LogP contribution in [0.4, 0.5) is 5.82 Å². The number of aromatic nitrogens is 2. The average Bonchev–Trinajstić information content (AvgIpc) is 2.30. The van der Waals surface area contributed by atoms with E-state index in [9.17, 15) is 0 Å². The van der Waals surface area contributed by atoms with Gasteiger partial charge < -0.3 is 10.1 Å². The highest BCUT2D eigenvalue weighted by Crippen LogP contribution is 2.18. The van der Waals surface area contributed by atoms with Crippen LogP contribution in [-0.2, 0) is 11.2 Å². The molecule has 0 spiro atoms. The molecule has 0 aliphatic carbocycles. The average molecular weight is 288 g/mol. The van der Waals surface area contributed by atoms with Crippen molar-refractivity contribution >= 4 is 21.7 Å². The third-order valence-electron chi connectivity index (χ3n) is 2.01. The molecule has 0 aliphatic rings. The molecule has 5 heteroatoms. The summed E-state index contributed by atoms with van der Waals surface area (Å²) in [6.45, 7) is 6.43. The molecule has 4 nitrogen and oxygen atoms in total. The molecule has 1 aromatic rings. The Kier molecular flexibility index (Phi) is 6.33. The largest absolute Gasteiger partial charge is 0.381 e. The fraction of sp³-hybridized carbons (Fsp3) is 0.636. The zero-order valence-corrected chi connectivity index (χ0v) is 11.4. The van der Waals surface area contributed by atoms with Crippen molar-refractivity contribution in [3.8, 4) is 0 Å². The summed E-state index contributed by atoms with van der Waals surface area (Å²) in [4.78, 5) is 8.67. The van der Waals surface area contributed by atoms with Gasteiger partial charge in [0.2, 0.25) is 0 Å². The molecule has 0 bridgehead atoms. The third kappa shape index (κ3) is 4.45. The summed E-state index contributed by atoms with van der Waals surface area (Å²) in [7, 11) is 0. The van der Waals surface area contributed by atoms with Crippen molar-refractivity contribution in [1.29, 1.82) is 0 Å². The molecule has 0 aromatic carbocycles. The van der Waals surface area contributed by atoms with Gasteiger partial charge in [0, 0.05) is 25.8 Å². The van der Waals surface area contributed by atoms with Crippen molar-refractivity contribution in [2.45, 2.75) is 26.7 Å². The van der Waals surface area contributed by atoms with Gasteiger partial charge in [-0.25, -0.2) is 9.97 Å². The predicted molar refractivity (Wildman–Crippen MR) is 68.7 cm³/mol. The minimum absolute atomic E-state index is 0.672. The minimum Gasteiger partial charge on any atom is -0.381 e. The normalized spacial score (nSPS) is 10.4. The first-order chi connectivity index (χ1) is 7.77. The van der Waals surface area contributed by atoms with E-state index in [1.165, 1.54) is 0 Å². The summed E-state index contributed by atoms with van der Waals surface area (Å²) in [6.07, 6.45) is 3.61. The van der Waals surface area contributed by atoms with Gasteiger partial charge in [0.25, 0.3) is 0 Å². The van der Waals surface area contributed by atoms with Gasteiger partial charge in [-0.05, 0) is 29.3 Å². The highest BCUT2D eigenvalue weighted by atomic mass is 79.9. The van der Waals surface area contributed by atoms with Gasteiger partial charge in [-0.3, -0.25) is 0 Å². The molecule has 1 N–H and O–H groups in total. The molecule has 0 fully saturated rings. The Bertz CT molecular complexity index is 320. The van der Waals surface area contributed by atoms with Gasteiger partial charge in [0.05, 0.1) is 11.1 Å². The van der Waals surface area contributed by atoms with E-state index in [0.29, 0.717) is 6.61 Å². The highest BCUT2D eigenvalue weighted by Gasteiger charge is 2.04. The van der Waals surface area contributed by atoms with Gasteiger partial charge in [-0.2, -0.15) is 0 Å². The van der Waals surface area contributed by atoms with E-state index in [1.54, 1.807) is 6.20 Å². The first-order valence-electron chi connectivity index (χ1n) is 5.61. The van der Waals surface area contributed by atoms with E-state index >= 15 is 0 Å². The van der Waals surface area contributed by atoms with E-state index in [-0.39, 0.29) is 0 Å². The van der Waals surface area contributed by atoms with Crippen LogP contribution in [0.5, 0.6) is 0 Å². The zero-order valence-electron chi connectivity index (χ0n) is 9.79. The zero-order chi connectivity index (χ0) is 11.8. The molecule has 1 aromatic heterocycles. The number of nitrogens with one attached hydrogen (secondary N) is 1. The van der Waals surface area contributed by atoms with Crippen molar-refractivity contribution in [2.24, 2.45) is 0 Å². The maximum Gasteiger partial charge on any atom is 0.144 e. The number of nitrogens with zero attached hydrogens (tertiary/aromatic N) is 2. The van der Waals surface area contributed by atoms with Crippen molar-refractivity contribution < 1.29 is 4.74 Å². The second-order valence-electron chi connectivity index (χ2n) is 3.36. The molecular weight excluding hydrogens is 270 g/mol. The van der Waals surface area contributed by atoms with Crippen molar-refractivity contribution in [2.75, 3.05) is 25.1 Å². The van der Waals surface area contributed by atoms with Crippen LogP contribution in [0.15, 0.2) is 10.7 Å². The molecule has 16 heavy (non-hydrogen) atoms. The summed E-state index contributed by atoms with van der Waals surface area (Å²) >= 11 is 3.42. The molecule has 0 unspecified atom stereocenters. The first-order valence-corrected chi connectivity index (χ1v) is 6.40. The number of hydrogen-bond acceptors (Lipinski definition) is 4. The second-order valence-corrected chi connectivity index (χ2v) is 4.21. The lowest BCUT2D eigenvalue weighted by Crippen LogP contribution is -2.08. The summed E-state index contributed by atoms with van der Waals surface area (Å²) in [6, 6.07) is 0. The van der Waals surface area contributed by atoms with Crippen molar-refractivity contribution in [1.82, 2.24) is 9.97 Å². The van der Waals surface area contributed by atoms with Crippen LogP contribution < -0.4 is 5.32 Å². The molecule has 0 amide bonds.